The van der Waals surface area contributed by atoms with Crippen molar-refractivity contribution in [1.82, 2.24) is 9.62 Å². The van der Waals surface area contributed by atoms with Gasteiger partial charge in [-0.05, 0) is 43.3 Å². The highest BCUT2D eigenvalue weighted by Crippen LogP contribution is 2.28. The van der Waals surface area contributed by atoms with E-state index >= 15 is 0 Å². The Hall–Kier alpha value is -2.78. The molecule has 1 N–H and O–H groups in total. The fraction of sp³-hybridized carbons (Fsp3) is 0.381. The molecule has 1 aliphatic rings. The summed E-state index contributed by atoms with van der Waals surface area (Å²) in [5, 5.41) is 0. The molecule has 1 heterocycles. The van der Waals surface area contributed by atoms with Crippen LogP contribution < -0.4 is 19.1 Å². The van der Waals surface area contributed by atoms with Gasteiger partial charge in [-0.25, -0.2) is 8.42 Å². The van der Waals surface area contributed by atoms with Crippen molar-refractivity contribution in [2.75, 3.05) is 45.3 Å². The topological polar surface area (TPSA) is 88.2 Å². The third-order valence-electron chi connectivity index (χ3n) is 5.09. The van der Waals surface area contributed by atoms with Gasteiger partial charge in [0.1, 0.15) is 11.5 Å². The third-order valence-corrected chi connectivity index (χ3v) is 6.65. The van der Waals surface area contributed by atoms with Crippen molar-refractivity contribution < 1.29 is 22.7 Å². The van der Waals surface area contributed by atoms with Crippen LogP contribution in [0.5, 0.6) is 11.5 Å². The summed E-state index contributed by atoms with van der Waals surface area (Å²) in [5.74, 6) is 1.11. The smallest absolute Gasteiger partial charge is 0.241 e. The van der Waals surface area contributed by atoms with E-state index in [2.05, 4.69) is 9.62 Å². The van der Waals surface area contributed by atoms with Crippen LogP contribution in [0.3, 0.4) is 0 Å². The molecule has 0 aliphatic carbocycles. The number of ether oxygens (including phenoxy) is 2. The SMILES string of the molecule is COc1ccc(S(=O)(=O)N[C@@H](C)C(=O)N2CCN(c3ccccc3OC)CC2)cc1. The van der Waals surface area contributed by atoms with Crippen LogP contribution in [-0.4, -0.2) is 65.7 Å². The van der Waals surface area contributed by atoms with E-state index in [9.17, 15) is 13.2 Å². The summed E-state index contributed by atoms with van der Waals surface area (Å²) in [6.07, 6.45) is 0. The number of nitrogens with one attached hydrogen (secondary N) is 1. The number of nitrogens with zero attached hydrogens (tertiary/aromatic N) is 2. The predicted molar refractivity (Wildman–Crippen MR) is 115 cm³/mol. The molecule has 0 aromatic heterocycles. The molecule has 0 spiro atoms. The number of methoxy groups -OCH3 is 2. The summed E-state index contributed by atoms with van der Waals surface area (Å²) in [6, 6.07) is 12.9. The molecule has 1 atom stereocenters. The highest BCUT2D eigenvalue weighted by molar-refractivity contribution is 7.89. The molecule has 1 aliphatic heterocycles. The highest BCUT2D eigenvalue weighted by Gasteiger charge is 2.29. The molecule has 9 heteroatoms. The maximum atomic E-state index is 12.8. The second kappa shape index (κ2) is 9.36. The summed E-state index contributed by atoms with van der Waals surface area (Å²) in [4.78, 5) is 16.7. The molecule has 1 amide bonds. The number of carbonyl (C=O) groups excluding carboxylic acids is 1. The van der Waals surface area contributed by atoms with Gasteiger partial charge in [0.05, 0.1) is 30.8 Å². The van der Waals surface area contributed by atoms with Crippen LogP contribution >= 0.6 is 0 Å². The molecule has 1 saturated heterocycles. The van der Waals surface area contributed by atoms with Crippen molar-refractivity contribution in [3.8, 4) is 11.5 Å². The van der Waals surface area contributed by atoms with Crippen LogP contribution in [0.2, 0.25) is 0 Å². The second-order valence-corrected chi connectivity index (χ2v) is 8.72. The summed E-state index contributed by atoms with van der Waals surface area (Å²) in [6.45, 7) is 3.86. The Morgan fingerprint density at radius 3 is 2.20 bits per heavy atom. The molecule has 30 heavy (non-hydrogen) atoms. The minimum absolute atomic E-state index is 0.0870. The molecule has 0 bridgehead atoms. The Morgan fingerprint density at radius 2 is 1.60 bits per heavy atom. The van der Waals surface area contributed by atoms with Crippen LogP contribution in [0, 0.1) is 0 Å². The predicted octanol–water partition coefficient (Wildman–Crippen LogP) is 1.72. The first-order chi connectivity index (χ1) is 14.4. The molecule has 8 nitrogen and oxygen atoms in total. The van der Waals surface area contributed by atoms with Crippen LogP contribution in [0.4, 0.5) is 5.69 Å². The lowest BCUT2D eigenvalue weighted by atomic mass is 10.2. The fourth-order valence-corrected chi connectivity index (χ4v) is 4.64. The van der Waals surface area contributed by atoms with Crippen molar-refractivity contribution >= 4 is 21.6 Å². The van der Waals surface area contributed by atoms with Crippen LogP contribution in [0.25, 0.3) is 0 Å². The number of piperazine rings is 1. The van der Waals surface area contributed by atoms with Gasteiger partial charge in [0.25, 0.3) is 0 Å². The van der Waals surface area contributed by atoms with Gasteiger partial charge in [-0.2, -0.15) is 4.72 Å². The van der Waals surface area contributed by atoms with Gasteiger partial charge < -0.3 is 19.3 Å². The fourth-order valence-electron chi connectivity index (χ4n) is 3.44. The van der Waals surface area contributed by atoms with E-state index < -0.39 is 16.1 Å². The van der Waals surface area contributed by atoms with Gasteiger partial charge in [0.2, 0.25) is 15.9 Å². The molecule has 3 rings (SSSR count). The highest BCUT2D eigenvalue weighted by atomic mass is 32.2. The first-order valence-electron chi connectivity index (χ1n) is 9.69. The first-order valence-corrected chi connectivity index (χ1v) is 11.2. The Balaban J connectivity index is 1.60. The molecular weight excluding hydrogens is 406 g/mol. The lowest BCUT2D eigenvalue weighted by molar-refractivity contribution is -0.132. The lowest BCUT2D eigenvalue weighted by Gasteiger charge is -2.37. The number of benzene rings is 2. The van der Waals surface area contributed by atoms with Gasteiger partial charge in [-0.1, -0.05) is 12.1 Å². The summed E-state index contributed by atoms with van der Waals surface area (Å²) < 4.78 is 38.1. The number of rotatable bonds is 7. The standard InChI is InChI=1S/C21H27N3O5S/c1-16(22-30(26,27)18-10-8-17(28-2)9-11-18)21(25)24-14-12-23(13-15-24)19-6-4-5-7-20(19)29-3/h4-11,16,22H,12-15H2,1-3H3/t16-/m0/s1. The van der Waals surface area contributed by atoms with Crippen molar-refractivity contribution in [3.63, 3.8) is 0 Å². The molecule has 0 saturated carbocycles. The number of anilines is 1. The zero-order chi connectivity index (χ0) is 21.7. The van der Waals surface area contributed by atoms with Crippen LogP contribution in [-0.2, 0) is 14.8 Å². The number of sulfonamides is 1. The number of para-hydroxylation sites is 2. The van der Waals surface area contributed by atoms with Crippen molar-refractivity contribution in [2.45, 2.75) is 17.9 Å². The van der Waals surface area contributed by atoms with E-state index in [1.807, 2.05) is 24.3 Å². The number of carbonyl (C=O) groups is 1. The van der Waals surface area contributed by atoms with Crippen molar-refractivity contribution in [3.05, 3.63) is 48.5 Å². The van der Waals surface area contributed by atoms with E-state index in [1.54, 1.807) is 31.1 Å². The zero-order valence-corrected chi connectivity index (χ0v) is 18.2. The molecule has 2 aromatic rings. The third kappa shape index (κ3) is 4.85. The normalized spacial score (nSPS) is 15.6. The average Bonchev–Trinajstić information content (AvgIpc) is 2.78. The number of hydrogen-bond acceptors (Lipinski definition) is 6. The largest absolute Gasteiger partial charge is 0.497 e. The van der Waals surface area contributed by atoms with E-state index in [4.69, 9.17) is 9.47 Å². The maximum Gasteiger partial charge on any atom is 0.241 e. The van der Waals surface area contributed by atoms with Gasteiger partial charge in [0.15, 0.2) is 0 Å². The molecule has 1 fully saturated rings. The Kier molecular flexibility index (Phi) is 6.84. The summed E-state index contributed by atoms with van der Waals surface area (Å²) in [5.41, 5.74) is 0.986. The minimum atomic E-state index is -3.81. The molecular formula is C21H27N3O5S. The summed E-state index contributed by atoms with van der Waals surface area (Å²) >= 11 is 0. The summed E-state index contributed by atoms with van der Waals surface area (Å²) in [7, 11) is -0.667. The van der Waals surface area contributed by atoms with Crippen LogP contribution in [0.15, 0.2) is 53.4 Å². The quantitative estimate of drug-likeness (QED) is 0.715. The minimum Gasteiger partial charge on any atom is -0.497 e. The Labute approximate surface area is 177 Å². The number of hydrogen-bond donors (Lipinski definition) is 1. The van der Waals surface area contributed by atoms with E-state index in [-0.39, 0.29) is 10.8 Å². The Morgan fingerprint density at radius 1 is 0.967 bits per heavy atom. The Bertz CT molecular complexity index is 970. The first kappa shape index (κ1) is 21.9. The van der Waals surface area contributed by atoms with E-state index in [1.165, 1.54) is 19.2 Å². The second-order valence-electron chi connectivity index (χ2n) is 7.00. The monoisotopic (exact) mass is 433 g/mol. The maximum absolute atomic E-state index is 12.8. The van der Waals surface area contributed by atoms with Crippen molar-refractivity contribution in [2.24, 2.45) is 0 Å². The van der Waals surface area contributed by atoms with Gasteiger partial charge in [0, 0.05) is 26.2 Å². The van der Waals surface area contributed by atoms with Crippen molar-refractivity contribution in [1.29, 1.82) is 0 Å². The molecule has 0 radical (unpaired) electrons. The average molecular weight is 434 g/mol. The molecule has 0 unspecified atom stereocenters. The molecule has 162 valence electrons. The lowest BCUT2D eigenvalue weighted by Crippen LogP contribution is -2.54. The van der Waals surface area contributed by atoms with Gasteiger partial charge in [-0.3, -0.25) is 4.79 Å². The number of amides is 1. The van der Waals surface area contributed by atoms with E-state index in [0.29, 0.717) is 31.9 Å². The van der Waals surface area contributed by atoms with Gasteiger partial charge >= 0.3 is 0 Å². The van der Waals surface area contributed by atoms with Gasteiger partial charge in [-0.15, -0.1) is 0 Å². The van der Waals surface area contributed by atoms with E-state index in [0.717, 1.165) is 11.4 Å². The zero-order valence-electron chi connectivity index (χ0n) is 17.4. The molecule has 2 aromatic carbocycles. The van der Waals surface area contributed by atoms with Crippen LogP contribution in [0.1, 0.15) is 6.92 Å².